The van der Waals surface area contributed by atoms with Crippen LogP contribution in [0.2, 0.25) is 0 Å². The second kappa shape index (κ2) is 6.14. The van der Waals surface area contributed by atoms with Crippen molar-refractivity contribution in [3.05, 3.63) is 22.4 Å². The average molecular weight is 288 g/mol. The summed E-state index contributed by atoms with van der Waals surface area (Å²) in [6.07, 6.45) is 0.889. The summed E-state index contributed by atoms with van der Waals surface area (Å²) < 4.78 is 23.0. The van der Waals surface area contributed by atoms with E-state index in [-0.39, 0.29) is 11.8 Å². The molecule has 1 aliphatic rings. The van der Waals surface area contributed by atoms with E-state index in [1.807, 2.05) is 0 Å². The molecule has 6 heteroatoms. The summed E-state index contributed by atoms with van der Waals surface area (Å²) in [5, 5.41) is 7.52. The minimum atomic E-state index is -2.81. The number of nitrogens with zero attached hydrogens (tertiary/aromatic N) is 1. The van der Waals surface area contributed by atoms with E-state index in [1.165, 1.54) is 5.56 Å². The van der Waals surface area contributed by atoms with E-state index in [0.29, 0.717) is 12.3 Å². The zero-order valence-electron chi connectivity index (χ0n) is 10.6. The van der Waals surface area contributed by atoms with E-state index in [4.69, 9.17) is 0 Å². The minimum absolute atomic E-state index is 0.119. The van der Waals surface area contributed by atoms with Gasteiger partial charge in [0.25, 0.3) is 0 Å². The lowest BCUT2D eigenvalue weighted by atomic mass is 10.2. The van der Waals surface area contributed by atoms with E-state index in [2.05, 4.69) is 34.1 Å². The first-order valence-electron chi connectivity index (χ1n) is 6.18. The second-order valence-electron chi connectivity index (χ2n) is 4.92. The van der Waals surface area contributed by atoms with Crippen LogP contribution in [0.4, 0.5) is 0 Å². The Hall–Kier alpha value is -0.430. The summed E-state index contributed by atoms with van der Waals surface area (Å²) in [5.41, 5.74) is 1.33. The summed E-state index contributed by atoms with van der Waals surface area (Å²) in [5.74, 6) is 0.577. The van der Waals surface area contributed by atoms with Crippen LogP contribution in [0.5, 0.6) is 0 Å². The van der Waals surface area contributed by atoms with E-state index in [1.54, 1.807) is 11.3 Å². The SMILES string of the molecule is CN(CCC1CS(=O)(=O)CCN1)Cc1ccsc1. The number of hydrogen-bond acceptors (Lipinski definition) is 5. The number of thiophene rings is 1. The summed E-state index contributed by atoms with van der Waals surface area (Å²) in [6, 6.07) is 2.25. The molecule has 1 aliphatic heterocycles. The van der Waals surface area contributed by atoms with Gasteiger partial charge in [-0.25, -0.2) is 8.42 Å². The van der Waals surface area contributed by atoms with Crippen LogP contribution in [0.25, 0.3) is 0 Å². The lowest BCUT2D eigenvalue weighted by Crippen LogP contribution is -2.46. The lowest BCUT2D eigenvalue weighted by Gasteiger charge is -2.25. The number of hydrogen-bond donors (Lipinski definition) is 1. The first-order chi connectivity index (χ1) is 8.55. The van der Waals surface area contributed by atoms with Crippen molar-refractivity contribution in [1.29, 1.82) is 0 Å². The van der Waals surface area contributed by atoms with Crippen LogP contribution < -0.4 is 5.32 Å². The zero-order chi connectivity index (χ0) is 13.0. The van der Waals surface area contributed by atoms with Gasteiger partial charge in [0.15, 0.2) is 9.84 Å². The molecule has 0 spiro atoms. The highest BCUT2D eigenvalue weighted by atomic mass is 32.2. The third-order valence-corrected chi connectivity index (χ3v) is 5.66. The summed E-state index contributed by atoms with van der Waals surface area (Å²) in [6.45, 7) is 2.45. The van der Waals surface area contributed by atoms with Gasteiger partial charge in [0.1, 0.15) is 0 Å². The van der Waals surface area contributed by atoms with E-state index in [0.717, 1.165) is 19.5 Å². The van der Waals surface area contributed by atoms with Crippen LogP contribution in [0.3, 0.4) is 0 Å². The highest BCUT2D eigenvalue weighted by Gasteiger charge is 2.23. The molecule has 4 nitrogen and oxygen atoms in total. The third kappa shape index (κ3) is 4.35. The van der Waals surface area contributed by atoms with Crippen LogP contribution in [-0.2, 0) is 16.4 Å². The molecule has 18 heavy (non-hydrogen) atoms. The topological polar surface area (TPSA) is 49.4 Å². The number of rotatable bonds is 5. The van der Waals surface area contributed by atoms with Crippen molar-refractivity contribution in [2.24, 2.45) is 0 Å². The van der Waals surface area contributed by atoms with Crippen molar-refractivity contribution in [2.75, 3.05) is 31.6 Å². The molecule has 0 bridgehead atoms. The summed E-state index contributed by atoms with van der Waals surface area (Å²) in [7, 11) is -0.731. The van der Waals surface area contributed by atoms with E-state index in [9.17, 15) is 8.42 Å². The fourth-order valence-electron chi connectivity index (χ4n) is 2.20. The molecule has 1 aromatic rings. The maximum absolute atomic E-state index is 11.5. The van der Waals surface area contributed by atoms with Crippen LogP contribution in [0.15, 0.2) is 16.8 Å². The maximum atomic E-state index is 11.5. The Labute approximate surface area is 113 Å². The molecule has 0 aliphatic carbocycles. The average Bonchev–Trinajstić information content (AvgIpc) is 2.78. The molecular weight excluding hydrogens is 268 g/mol. The molecule has 2 heterocycles. The molecule has 1 atom stereocenters. The zero-order valence-corrected chi connectivity index (χ0v) is 12.3. The molecule has 0 radical (unpaired) electrons. The van der Waals surface area contributed by atoms with Gasteiger partial charge in [-0.05, 0) is 42.4 Å². The Bertz CT molecular complexity index is 456. The molecule has 0 amide bonds. The predicted molar refractivity (Wildman–Crippen MR) is 75.7 cm³/mol. The van der Waals surface area contributed by atoms with Gasteiger partial charge in [-0.15, -0.1) is 0 Å². The molecular formula is C12H20N2O2S2. The Morgan fingerprint density at radius 3 is 3.06 bits per heavy atom. The van der Waals surface area contributed by atoms with Crippen molar-refractivity contribution in [3.63, 3.8) is 0 Å². The molecule has 0 saturated carbocycles. The third-order valence-electron chi connectivity index (χ3n) is 3.19. The van der Waals surface area contributed by atoms with Gasteiger partial charge < -0.3 is 10.2 Å². The maximum Gasteiger partial charge on any atom is 0.153 e. The van der Waals surface area contributed by atoms with Crippen molar-refractivity contribution >= 4 is 21.2 Å². The molecule has 1 fully saturated rings. The Balaban J connectivity index is 1.74. The molecule has 1 unspecified atom stereocenters. The van der Waals surface area contributed by atoms with E-state index >= 15 is 0 Å². The molecule has 1 N–H and O–H groups in total. The molecule has 2 rings (SSSR count). The molecule has 102 valence electrons. The Morgan fingerprint density at radius 2 is 2.39 bits per heavy atom. The summed E-state index contributed by atoms with van der Waals surface area (Å²) in [4.78, 5) is 2.24. The van der Waals surface area contributed by atoms with Gasteiger partial charge in [0.2, 0.25) is 0 Å². The highest BCUT2D eigenvalue weighted by molar-refractivity contribution is 7.91. The van der Waals surface area contributed by atoms with Gasteiger partial charge >= 0.3 is 0 Å². The number of sulfone groups is 1. The van der Waals surface area contributed by atoms with Crippen molar-refractivity contribution < 1.29 is 8.42 Å². The van der Waals surface area contributed by atoms with Crippen molar-refractivity contribution in [1.82, 2.24) is 10.2 Å². The quantitative estimate of drug-likeness (QED) is 0.877. The fourth-order valence-corrected chi connectivity index (χ4v) is 4.36. The second-order valence-corrected chi connectivity index (χ2v) is 7.93. The molecule has 0 aromatic carbocycles. The standard InChI is InChI=1S/C12H20N2O2S2/c1-14(8-11-3-6-17-9-11)5-2-12-10-18(15,16)7-4-13-12/h3,6,9,12-13H,2,4-5,7-8,10H2,1H3. The minimum Gasteiger partial charge on any atom is -0.312 e. The van der Waals surface area contributed by atoms with Crippen LogP contribution in [0.1, 0.15) is 12.0 Å². The summed E-state index contributed by atoms with van der Waals surface area (Å²) >= 11 is 1.71. The highest BCUT2D eigenvalue weighted by Crippen LogP contribution is 2.10. The van der Waals surface area contributed by atoms with Gasteiger partial charge in [0, 0.05) is 19.1 Å². The Kier molecular flexibility index (Phi) is 4.77. The number of nitrogens with one attached hydrogen (secondary N) is 1. The smallest absolute Gasteiger partial charge is 0.153 e. The van der Waals surface area contributed by atoms with Gasteiger partial charge in [0.05, 0.1) is 11.5 Å². The van der Waals surface area contributed by atoms with Crippen LogP contribution in [0, 0.1) is 0 Å². The lowest BCUT2D eigenvalue weighted by molar-refractivity contribution is 0.304. The van der Waals surface area contributed by atoms with Crippen LogP contribution in [-0.4, -0.2) is 51.0 Å². The van der Waals surface area contributed by atoms with Crippen molar-refractivity contribution in [3.8, 4) is 0 Å². The fraction of sp³-hybridized carbons (Fsp3) is 0.667. The predicted octanol–water partition coefficient (Wildman–Crippen LogP) is 0.957. The first-order valence-corrected chi connectivity index (χ1v) is 8.95. The molecule has 1 aromatic heterocycles. The largest absolute Gasteiger partial charge is 0.312 e. The Morgan fingerprint density at radius 1 is 1.56 bits per heavy atom. The van der Waals surface area contributed by atoms with Gasteiger partial charge in [-0.3, -0.25) is 0 Å². The van der Waals surface area contributed by atoms with Gasteiger partial charge in [-0.1, -0.05) is 0 Å². The van der Waals surface area contributed by atoms with Crippen LogP contribution >= 0.6 is 11.3 Å². The normalized spacial score (nSPS) is 23.3. The van der Waals surface area contributed by atoms with Crippen molar-refractivity contribution in [2.45, 2.75) is 19.0 Å². The first kappa shape index (κ1) is 14.0. The monoisotopic (exact) mass is 288 g/mol. The van der Waals surface area contributed by atoms with Gasteiger partial charge in [-0.2, -0.15) is 11.3 Å². The van der Waals surface area contributed by atoms with E-state index < -0.39 is 9.84 Å². The molecule has 1 saturated heterocycles.